The lowest BCUT2D eigenvalue weighted by molar-refractivity contribution is 0.0935. The van der Waals surface area contributed by atoms with Gasteiger partial charge in [0.05, 0.1) is 16.6 Å². The number of aromatic hydroxyl groups is 1. The van der Waals surface area contributed by atoms with Crippen LogP contribution in [0, 0.1) is 0 Å². The molecule has 6 heteroatoms. The van der Waals surface area contributed by atoms with Crippen LogP contribution in [0.3, 0.4) is 0 Å². The van der Waals surface area contributed by atoms with Crippen molar-refractivity contribution in [3.63, 3.8) is 0 Å². The Hall–Kier alpha value is -2.21. The van der Waals surface area contributed by atoms with E-state index in [1.807, 2.05) is 25.1 Å². The predicted molar refractivity (Wildman–Crippen MR) is 87.2 cm³/mol. The first-order valence-corrected chi connectivity index (χ1v) is 7.71. The van der Waals surface area contributed by atoms with E-state index in [9.17, 15) is 9.90 Å². The Morgan fingerprint density at radius 2 is 2.05 bits per heavy atom. The molecule has 0 fully saturated rings. The topological polar surface area (TPSA) is 70.6 Å². The summed E-state index contributed by atoms with van der Waals surface area (Å²) in [4.78, 5) is 12.2. The van der Waals surface area contributed by atoms with Crippen LogP contribution in [-0.2, 0) is 0 Å². The first-order chi connectivity index (χ1) is 10.6. The minimum atomic E-state index is -0.390. The van der Waals surface area contributed by atoms with Gasteiger partial charge in [0.1, 0.15) is 6.17 Å². The normalized spacial score (nSPS) is 16.5. The van der Waals surface area contributed by atoms with Crippen molar-refractivity contribution in [1.29, 1.82) is 0 Å². The molecule has 3 rings (SSSR count). The van der Waals surface area contributed by atoms with Gasteiger partial charge < -0.3 is 20.5 Å². The lowest BCUT2D eigenvalue weighted by Gasteiger charge is -2.28. The molecule has 1 amide bonds. The number of fused-ring (bicyclic) bond motifs is 1. The Balaban J connectivity index is 1.97. The van der Waals surface area contributed by atoms with Crippen LogP contribution in [0.15, 0.2) is 40.9 Å². The number of hydrogen-bond donors (Lipinski definition) is 3. The van der Waals surface area contributed by atoms with E-state index in [1.165, 1.54) is 0 Å². The SMILES string of the molecule is CCOc1cc([C@@H]2NC(=O)c3ccccc3N2)cc(Br)c1O. The van der Waals surface area contributed by atoms with E-state index < -0.39 is 6.17 Å². The third-order valence-electron chi connectivity index (χ3n) is 3.43. The van der Waals surface area contributed by atoms with Gasteiger partial charge in [0.25, 0.3) is 5.91 Å². The highest BCUT2D eigenvalue weighted by Crippen LogP contribution is 2.38. The molecule has 2 aromatic rings. The molecular weight excluding hydrogens is 348 g/mol. The molecule has 1 heterocycles. The number of nitrogens with one attached hydrogen (secondary N) is 2. The number of carbonyl (C=O) groups excluding carboxylic acids is 1. The molecule has 2 aromatic carbocycles. The zero-order chi connectivity index (χ0) is 15.7. The molecule has 1 aliphatic rings. The van der Waals surface area contributed by atoms with E-state index in [4.69, 9.17) is 4.74 Å². The van der Waals surface area contributed by atoms with Crippen LogP contribution in [0.25, 0.3) is 0 Å². The van der Waals surface area contributed by atoms with Gasteiger partial charge in [0.2, 0.25) is 0 Å². The van der Waals surface area contributed by atoms with Gasteiger partial charge in [-0.15, -0.1) is 0 Å². The number of carbonyl (C=O) groups is 1. The average Bonchev–Trinajstić information content (AvgIpc) is 2.52. The van der Waals surface area contributed by atoms with Gasteiger partial charge in [0, 0.05) is 5.69 Å². The van der Waals surface area contributed by atoms with Crippen LogP contribution in [0.2, 0.25) is 0 Å². The molecule has 3 N–H and O–H groups in total. The standard InChI is InChI=1S/C16H15BrN2O3/c1-2-22-13-8-9(7-11(17)14(13)20)15-18-12-6-4-3-5-10(12)16(21)19-15/h3-8,15,18,20H,2H2,1H3,(H,19,21)/t15-/m0/s1. The number of halogens is 1. The first kappa shape index (κ1) is 14.7. The largest absolute Gasteiger partial charge is 0.503 e. The molecule has 0 bridgehead atoms. The zero-order valence-electron chi connectivity index (χ0n) is 11.9. The summed E-state index contributed by atoms with van der Waals surface area (Å²) in [7, 11) is 0. The number of phenolic OH excluding ortho intramolecular Hbond substituents is 1. The summed E-state index contributed by atoms with van der Waals surface area (Å²) in [5, 5.41) is 16.1. The highest BCUT2D eigenvalue weighted by Gasteiger charge is 2.25. The van der Waals surface area contributed by atoms with Crippen molar-refractivity contribution >= 4 is 27.5 Å². The summed E-state index contributed by atoms with van der Waals surface area (Å²) in [5.74, 6) is 0.288. The van der Waals surface area contributed by atoms with Crippen LogP contribution < -0.4 is 15.4 Å². The Morgan fingerprint density at radius 3 is 2.82 bits per heavy atom. The van der Waals surface area contributed by atoms with Gasteiger partial charge in [-0.05, 0) is 52.7 Å². The molecule has 0 radical (unpaired) electrons. The number of amides is 1. The van der Waals surface area contributed by atoms with Crippen molar-refractivity contribution < 1.29 is 14.6 Å². The maximum atomic E-state index is 12.2. The number of para-hydroxylation sites is 1. The minimum Gasteiger partial charge on any atom is -0.503 e. The van der Waals surface area contributed by atoms with Crippen molar-refractivity contribution in [2.24, 2.45) is 0 Å². The summed E-state index contributed by atoms with van der Waals surface area (Å²) in [5.41, 5.74) is 2.18. The molecule has 0 spiro atoms. The van der Waals surface area contributed by atoms with E-state index in [2.05, 4.69) is 26.6 Å². The monoisotopic (exact) mass is 362 g/mol. The summed E-state index contributed by atoms with van der Waals surface area (Å²) in [6.07, 6.45) is -0.390. The third-order valence-corrected chi connectivity index (χ3v) is 4.04. The van der Waals surface area contributed by atoms with Crippen LogP contribution in [0.4, 0.5) is 5.69 Å². The molecule has 114 valence electrons. The first-order valence-electron chi connectivity index (χ1n) is 6.91. The number of anilines is 1. The zero-order valence-corrected chi connectivity index (χ0v) is 13.5. The van der Waals surface area contributed by atoms with Crippen LogP contribution in [0.1, 0.15) is 29.0 Å². The fourth-order valence-corrected chi connectivity index (χ4v) is 2.86. The summed E-state index contributed by atoms with van der Waals surface area (Å²) < 4.78 is 5.94. The summed E-state index contributed by atoms with van der Waals surface area (Å²) >= 11 is 3.31. The molecule has 0 aromatic heterocycles. The molecule has 0 aliphatic carbocycles. The second-order valence-electron chi connectivity index (χ2n) is 4.88. The maximum Gasteiger partial charge on any atom is 0.255 e. The number of rotatable bonds is 3. The summed E-state index contributed by atoms with van der Waals surface area (Å²) in [6.45, 7) is 2.29. The Kier molecular flexibility index (Phi) is 3.94. The molecule has 5 nitrogen and oxygen atoms in total. The van der Waals surface area contributed by atoms with Gasteiger partial charge in [-0.2, -0.15) is 0 Å². The van der Waals surface area contributed by atoms with E-state index in [1.54, 1.807) is 18.2 Å². The molecule has 0 saturated heterocycles. The van der Waals surface area contributed by atoms with Gasteiger partial charge in [-0.3, -0.25) is 4.79 Å². The Morgan fingerprint density at radius 1 is 1.27 bits per heavy atom. The van der Waals surface area contributed by atoms with Gasteiger partial charge >= 0.3 is 0 Å². The number of hydrogen-bond acceptors (Lipinski definition) is 4. The van der Waals surface area contributed by atoms with Crippen LogP contribution in [0.5, 0.6) is 11.5 Å². The number of benzene rings is 2. The van der Waals surface area contributed by atoms with Crippen molar-refractivity contribution in [2.75, 3.05) is 11.9 Å². The van der Waals surface area contributed by atoms with Crippen molar-refractivity contribution in [2.45, 2.75) is 13.1 Å². The van der Waals surface area contributed by atoms with E-state index in [0.29, 0.717) is 22.4 Å². The van der Waals surface area contributed by atoms with E-state index in [0.717, 1.165) is 11.3 Å². The van der Waals surface area contributed by atoms with Crippen molar-refractivity contribution in [1.82, 2.24) is 5.32 Å². The van der Waals surface area contributed by atoms with Gasteiger partial charge in [-0.1, -0.05) is 12.1 Å². The van der Waals surface area contributed by atoms with E-state index in [-0.39, 0.29) is 11.7 Å². The molecule has 0 unspecified atom stereocenters. The second-order valence-corrected chi connectivity index (χ2v) is 5.73. The second kappa shape index (κ2) is 5.88. The van der Waals surface area contributed by atoms with Crippen LogP contribution >= 0.6 is 15.9 Å². The fraction of sp³-hybridized carbons (Fsp3) is 0.188. The number of phenols is 1. The fourth-order valence-electron chi connectivity index (χ4n) is 2.40. The van der Waals surface area contributed by atoms with Crippen LogP contribution in [-0.4, -0.2) is 17.6 Å². The smallest absolute Gasteiger partial charge is 0.255 e. The maximum absolute atomic E-state index is 12.2. The van der Waals surface area contributed by atoms with Crippen molar-refractivity contribution in [3.8, 4) is 11.5 Å². The predicted octanol–water partition coefficient (Wildman–Crippen LogP) is 3.41. The quantitative estimate of drug-likeness (QED) is 0.782. The molecule has 1 atom stereocenters. The molecule has 22 heavy (non-hydrogen) atoms. The van der Waals surface area contributed by atoms with Crippen molar-refractivity contribution in [3.05, 3.63) is 52.0 Å². The lowest BCUT2D eigenvalue weighted by atomic mass is 10.1. The lowest BCUT2D eigenvalue weighted by Crippen LogP contribution is -2.38. The average molecular weight is 363 g/mol. The van der Waals surface area contributed by atoms with E-state index >= 15 is 0 Å². The third kappa shape index (κ3) is 2.62. The molecule has 0 saturated carbocycles. The van der Waals surface area contributed by atoms with Gasteiger partial charge in [0.15, 0.2) is 11.5 Å². The highest BCUT2D eigenvalue weighted by molar-refractivity contribution is 9.10. The Labute approximate surface area is 136 Å². The molecular formula is C16H15BrN2O3. The Bertz CT molecular complexity index is 733. The number of ether oxygens (including phenoxy) is 1. The highest BCUT2D eigenvalue weighted by atomic mass is 79.9. The summed E-state index contributed by atoms with van der Waals surface area (Å²) in [6, 6.07) is 10.8. The molecule has 1 aliphatic heterocycles. The minimum absolute atomic E-state index is 0.0492. The van der Waals surface area contributed by atoms with Gasteiger partial charge in [-0.25, -0.2) is 0 Å².